The van der Waals surface area contributed by atoms with Crippen molar-refractivity contribution in [2.75, 3.05) is 0 Å². The summed E-state index contributed by atoms with van der Waals surface area (Å²) < 4.78 is 4.92. The Morgan fingerprint density at radius 1 is 1.05 bits per heavy atom. The SMILES string of the molecule is Cc1ccc2c(c1-c1cccc[n+]1C)[Se]c1ncccc1S2. The van der Waals surface area contributed by atoms with Crippen LogP contribution < -0.4 is 13.6 Å². The first-order valence-electron chi connectivity index (χ1n) is 7.13. The number of pyridine rings is 2. The molecule has 0 aliphatic carbocycles. The molecule has 22 heavy (non-hydrogen) atoms. The van der Waals surface area contributed by atoms with E-state index in [-0.39, 0.29) is 15.0 Å². The number of hydrogen-bond acceptors (Lipinski definition) is 2. The summed E-state index contributed by atoms with van der Waals surface area (Å²) in [5.74, 6) is 0. The van der Waals surface area contributed by atoms with Crippen molar-refractivity contribution < 1.29 is 4.57 Å². The number of aryl methyl sites for hydroxylation is 2. The second-order valence-corrected chi connectivity index (χ2v) is 8.47. The van der Waals surface area contributed by atoms with Crippen molar-refractivity contribution in [2.24, 2.45) is 7.05 Å². The van der Waals surface area contributed by atoms with Gasteiger partial charge in [0.05, 0.1) is 0 Å². The Kier molecular flexibility index (Phi) is 3.53. The second-order valence-electron chi connectivity index (χ2n) is 5.29. The fourth-order valence-corrected chi connectivity index (χ4v) is 6.63. The van der Waals surface area contributed by atoms with Crippen molar-refractivity contribution in [3.8, 4) is 11.3 Å². The molecule has 0 unspecified atom stereocenters. The molecule has 0 saturated heterocycles. The van der Waals surface area contributed by atoms with Crippen LogP contribution in [0, 0.1) is 6.92 Å². The molecule has 1 aliphatic rings. The van der Waals surface area contributed by atoms with E-state index in [2.05, 4.69) is 66.1 Å². The van der Waals surface area contributed by atoms with E-state index in [0.717, 1.165) is 0 Å². The molecule has 0 radical (unpaired) electrons. The maximum atomic E-state index is 4.61. The Bertz CT molecular complexity index is 877. The van der Waals surface area contributed by atoms with Gasteiger partial charge in [-0.05, 0) is 0 Å². The Balaban J connectivity index is 1.94. The van der Waals surface area contributed by atoms with E-state index in [1.165, 1.54) is 35.7 Å². The summed E-state index contributed by atoms with van der Waals surface area (Å²) in [4.78, 5) is 7.29. The third kappa shape index (κ3) is 2.28. The molecule has 0 N–H and O–H groups in total. The van der Waals surface area contributed by atoms with Crippen LogP contribution >= 0.6 is 11.8 Å². The zero-order chi connectivity index (χ0) is 15.1. The van der Waals surface area contributed by atoms with Crippen LogP contribution in [-0.4, -0.2) is 19.9 Å². The Morgan fingerprint density at radius 2 is 1.95 bits per heavy atom. The number of fused-ring (bicyclic) bond motifs is 2. The van der Waals surface area contributed by atoms with Gasteiger partial charge in [-0.25, -0.2) is 0 Å². The molecule has 3 aromatic rings. The van der Waals surface area contributed by atoms with Gasteiger partial charge in [0.15, 0.2) is 0 Å². The number of rotatable bonds is 1. The monoisotopic (exact) mass is 371 g/mol. The minimum absolute atomic E-state index is 0.251. The predicted octanol–water partition coefficient (Wildman–Crippen LogP) is 2.00. The van der Waals surface area contributed by atoms with Crippen molar-refractivity contribution in [1.82, 2.24) is 4.98 Å². The van der Waals surface area contributed by atoms with Gasteiger partial charge in [0, 0.05) is 0 Å². The molecule has 0 fully saturated rings. The number of nitrogens with zero attached hydrogens (tertiary/aromatic N) is 2. The zero-order valence-corrected chi connectivity index (χ0v) is 14.9. The van der Waals surface area contributed by atoms with Crippen molar-refractivity contribution >= 4 is 35.8 Å². The van der Waals surface area contributed by atoms with E-state index in [9.17, 15) is 0 Å². The van der Waals surface area contributed by atoms with E-state index in [4.69, 9.17) is 0 Å². The van der Waals surface area contributed by atoms with Crippen molar-refractivity contribution in [1.29, 1.82) is 0 Å². The normalized spacial score (nSPS) is 12.6. The quantitative estimate of drug-likeness (QED) is 0.377. The van der Waals surface area contributed by atoms with Crippen LogP contribution in [-0.2, 0) is 7.05 Å². The molecular weight excluding hydrogens is 355 g/mol. The fraction of sp³-hybridized carbons (Fsp3) is 0.111. The van der Waals surface area contributed by atoms with Crippen LogP contribution in [0.2, 0.25) is 0 Å². The molecule has 0 spiro atoms. The average molecular weight is 370 g/mol. The standard InChI is InChI=1S/C18H15N2SSe/c1-12-8-9-14-17(16(12)13-6-3-4-11-20(13)2)22-18-15(21-14)7-5-10-19-18/h3-11H,1-2H3/q+1. The molecule has 3 heterocycles. The van der Waals surface area contributed by atoms with Gasteiger partial charge >= 0.3 is 141 Å². The topological polar surface area (TPSA) is 16.8 Å². The molecule has 0 amide bonds. The first-order chi connectivity index (χ1) is 10.7. The first kappa shape index (κ1) is 14.0. The van der Waals surface area contributed by atoms with E-state index >= 15 is 0 Å². The van der Waals surface area contributed by atoms with Crippen LogP contribution in [0.3, 0.4) is 0 Å². The number of benzene rings is 1. The molecule has 0 bridgehead atoms. The summed E-state index contributed by atoms with van der Waals surface area (Å²) in [6.45, 7) is 2.21. The maximum absolute atomic E-state index is 4.61. The van der Waals surface area contributed by atoms with Gasteiger partial charge in [0.1, 0.15) is 0 Å². The number of aromatic nitrogens is 2. The van der Waals surface area contributed by atoms with Crippen LogP contribution in [0.1, 0.15) is 5.56 Å². The Hall–Kier alpha value is -1.61. The van der Waals surface area contributed by atoms with E-state index in [0.29, 0.717) is 0 Å². The van der Waals surface area contributed by atoms with Crippen LogP contribution in [0.4, 0.5) is 0 Å². The van der Waals surface area contributed by atoms with Gasteiger partial charge in [-0.3, -0.25) is 0 Å². The van der Waals surface area contributed by atoms with E-state index < -0.39 is 0 Å². The third-order valence-corrected chi connectivity index (χ3v) is 7.89. The third-order valence-electron chi connectivity index (χ3n) is 3.80. The van der Waals surface area contributed by atoms with Crippen LogP contribution in [0.25, 0.3) is 11.3 Å². The first-order valence-corrected chi connectivity index (χ1v) is 9.66. The molecule has 1 aliphatic heterocycles. The summed E-state index contributed by atoms with van der Waals surface area (Å²) in [5.41, 5.74) is 3.99. The zero-order valence-electron chi connectivity index (χ0n) is 12.4. The fourth-order valence-electron chi connectivity index (χ4n) is 2.69. The van der Waals surface area contributed by atoms with Crippen molar-refractivity contribution in [2.45, 2.75) is 16.7 Å². The molecule has 0 saturated carbocycles. The molecule has 2 nitrogen and oxygen atoms in total. The summed E-state index contributed by atoms with van der Waals surface area (Å²) >= 11 is 2.10. The summed E-state index contributed by atoms with van der Waals surface area (Å²) in [7, 11) is 2.11. The van der Waals surface area contributed by atoms with Gasteiger partial charge < -0.3 is 0 Å². The molecule has 2 aromatic heterocycles. The molecular formula is C18H15N2SSe+. The van der Waals surface area contributed by atoms with Gasteiger partial charge in [-0.2, -0.15) is 0 Å². The van der Waals surface area contributed by atoms with E-state index in [1.807, 2.05) is 24.0 Å². The molecule has 0 atom stereocenters. The second kappa shape index (κ2) is 5.54. The van der Waals surface area contributed by atoms with Gasteiger partial charge in [0.25, 0.3) is 0 Å². The van der Waals surface area contributed by atoms with Crippen molar-refractivity contribution in [3.63, 3.8) is 0 Å². The minimum atomic E-state index is 0.251. The molecule has 4 heteroatoms. The molecule has 108 valence electrons. The van der Waals surface area contributed by atoms with Gasteiger partial charge in [-0.15, -0.1) is 0 Å². The van der Waals surface area contributed by atoms with Crippen molar-refractivity contribution in [3.05, 3.63) is 60.4 Å². The Morgan fingerprint density at radius 3 is 2.82 bits per heavy atom. The van der Waals surface area contributed by atoms with Crippen LogP contribution in [0.15, 0.2) is 64.6 Å². The van der Waals surface area contributed by atoms with Gasteiger partial charge in [-0.1, -0.05) is 0 Å². The molecule has 1 aromatic carbocycles. The summed E-state index contributed by atoms with van der Waals surface area (Å²) in [5, 5.41) is 0. The summed E-state index contributed by atoms with van der Waals surface area (Å²) in [6, 6.07) is 15.1. The van der Waals surface area contributed by atoms with Crippen LogP contribution in [0.5, 0.6) is 0 Å². The predicted molar refractivity (Wildman–Crippen MR) is 91.2 cm³/mol. The number of hydrogen-bond donors (Lipinski definition) is 0. The molecule has 4 rings (SSSR count). The van der Waals surface area contributed by atoms with E-state index in [1.54, 1.807) is 0 Å². The van der Waals surface area contributed by atoms with Gasteiger partial charge in [0.2, 0.25) is 0 Å². The summed E-state index contributed by atoms with van der Waals surface area (Å²) in [6.07, 6.45) is 4.02. The average Bonchev–Trinajstić information content (AvgIpc) is 2.54. The Labute approximate surface area is 140 Å².